The Morgan fingerprint density at radius 3 is 2.62 bits per heavy atom. The van der Waals surface area contributed by atoms with Gasteiger partial charge in [0.25, 0.3) is 0 Å². The van der Waals surface area contributed by atoms with Crippen molar-refractivity contribution >= 4 is 0 Å². The predicted octanol–water partition coefficient (Wildman–Crippen LogP) is 0.483. The molecule has 0 amide bonds. The SMILES string of the molecule is C#CCNCCN1CCC(CN(C)C)CC1. The maximum Gasteiger partial charge on any atom is 0.0574 e. The lowest BCUT2D eigenvalue weighted by Gasteiger charge is -2.33. The highest BCUT2D eigenvalue weighted by Crippen LogP contribution is 2.16. The molecule has 0 unspecified atom stereocenters. The lowest BCUT2D eigenvalue weighted by Crippen LogP contribution is -2.40. The maximum absolute atomic E-state index is 5.18. The van der Waals surface area contributed by atoms with Gasteiger partial charge in [-0.05, 0) is 45.9 Å². The minimum Gasteiger partial charge on any atom is -0.309 e. The summed E-state index contributed by atoms with van der Waals surface area (Å²) >= 11 is 0. The van der Waals surface area contributed by atoms with E-state index < -0.39 is 0 Å². The Kier molecular flexibility index (Phi) is 6.47. The molecule has 0 saturated carbocycles. The number of hydrogen-bond donors (Lipinski definition) is 1. The minimum atomic E-state index is 0.692. The first-order chi connectivity index (χ1) is 7.72. The minimum absolute atomic E-state index is 0.692. The zero-order valence-electron chi connectivity index (χ0n) is 10.7. The quantitative estimate of drug-likeness (QED) is 0.522. The molecular formula is C13H25N3. The third kappa shape index (κ3) is 5.50. The van der Waals surface area contributed by atoms with Crippen molar-refractivity contribution in [3.63, 3.8) is 0 Å². The number of terminal acetylenes is 1. The van der Waals surface area contributed by atoms with Crippen LogP contribution in [0.2, 0.25) is 0 Å². The average molecular weight is 223 g/mol. The largest absolute Gasteiger partial charge is 0.309 e. The van der Waals surface area contributed by atoms with Crippen LogP contribution in [0, 0.1) is 18.3 Å². The Hall–Kier alpha value is -0.560. The van der Waals surface area contributed by atoms with E-state index in [9.17, 15) is 0 Å². The van der Waals surface area contributed by atoms with Crippen LogP contribution >= 0.6 is 0 Å². The Morgan fingerprint density at radius 1 is 1.38 bits per heavy atom. The lowest BCUT2D eigenvalue weighted by molar-refractivity contribution is 0.163. The van der Waals surface area contributed by atoms with E-state index in [-0.39, 0.29) is 0 Å². The first-order valence-electron chi connectivity index (χ1n) is 6.23. The van der Waals surface area contributed by atoms with Gasteiger partial charge in [-0.15, -0.1) is 6.42 Å². The Labute approximate surface area is 100 Å². The van der Waals surface area contributed by atoms with Crippen LogP contribution in [0.5, 0.6) is 0 Å². The van der Waals surface area contributed by atoms with E-state index in [4.69, 9.17) is 6.42 Å². The second kappa shape index (κ2) is 7.67. The predicted molar refractivity (Wildman–Crippen MR) is 69.4 cm³/mol. The van der Waals surface area contributed by atoms with Crippen LogP contribution in [0.25, 0.3) is 0 Å². The van der Waals surface area contributed by atoms with E-state index >= 15 is 0 Å². The van der Waals surface area contributed by atoms with Crippen molar-refractivity contribution in [2.24, 2.45) is 5.92 Å². The summed E-state index contributed by atoms with van der Waals surface area (Å²) in [7, 11) is 4.33. The number of likely N-dealkylation sites (tertiary alicyclic amines) is 1. The highest BCUT2D eigenvalue weighted by Gasteiger charge is 2.18. The normalized spacial score (nSPS) is 18.9. The summed E-state index contributed by atoms with van der Waals surface area (Å²) in [5.74, 6) is 3.49. The van der Waals surface area contributed by atoms with Crippen LogP contribution in [-0.2, 0) is 0 Å². The summed E-state index contributed by atoms with van der Waals surface area (Å²) in [5.41, 5.74) is 0. The maximum atomic E-state index is 5.18. The van der Waals surface area contributed by atoms with E-state index in [1.165, 1.54) is 32.5 Å². The molecule has 1 heterocycles. The molecule has 0 aliphatic carbocycles. The molecule has 0 bridgehead atoms. The monoisotopic (exact) mass is 223 g/mol. The van der Waals surface area contributed by atoms with E-state index in [1.807, 2.05) is 0 Å². The molecule has 1 N–H and O–H groups in total. The average Bonchev–Trinajstić information content (AvgIpc) is 2.26. The fraction of sp³-hybridized carbons (Fsp3) is 0.846. The zero-order chi connectivity index (χ0) is 11.8. The van der Waals surface area contributed by atoms with Crippen molar-refractivity contribution in [1.29, 1.82) is 0 Å². The molecule has 1 rings (SSSR count). The first kappa shape index (κ1) is 13.5. The van der Waals surface area contributed by atoms with Gasteiger partial charge in [-0.25, -0.2) is 0 Å². The lowest BCUT2D eigenvalue weighted by atomic mass is 9.96. The number of rotatable bonds is 6. The van der Waals surface area contributed by atoms with Gasteiger partial charge in [-0.1, -0.05) is 5.92 Å². The van der Waals surface area contributed by atoms with E-state index in [0.29, 0.717) is 6.54 Å². The van der Waals surface area contributed by atoms with Crippen LogP contribution in [0.4, 0.5) is 0 Å². The van der Waals surface area contributed by atoms with Crippen molar-refractivity contribution in [3.05, 3.63) is 0 Å². The summed E-state index contributed by atoms with van der Waals surface area (Å²) < 4.78 is 0. The molecule has 1 fully saturated rings. The summed E-state index contributed by atoms with van der Waals surface area (Å²) in [4.78, 5) is 4.84. The molecule has 1 aliphatic rings. The Morgan fingerprint density at radius 2 is 2.06 bits per heavy atom. The van der Waals surface area contributed by atoms with E-state index in [2.05, 4.69) is 35.1 Å². The summed E-state index contributed by atoms with van der Waals surface area (Å²) in [6.45, 7) is 6.58. The van der Waals surface area contributed by atoms with Gasteiger partial charge < -0.3 is 15.1 Å². The molecule has 0 spiro atoms. The van der Waals surface area contributed by atoms with E-state index in [1.54, 1.807) is 0 Å². The van der Waals surface area contributed by atoms with Gasteiger partial charge in [0.05, 0.1) is 6.54 Å². The summed E-state index contributed by atoms with van der Waals surface area (Å²) in [6, 6.07) is 0. The molecule has 1 aliphatic heterocycles. The van der Waals surface area contributed by atoms with Crippen molar-refractivity contribution < 1.29 is 0 Å². The Bertz CT molecular complexity index is 212. The number of nitrogens with zero attached hydrogens (tertiary/aromatic N) is 2. The zero-order valence-corrected chi connectivity index (χ0v) is 10.7. The first-order valence-corrected chi connectivity index (χ1v) is 6.23. The number of nitrogens with one attached hydrogen (secondary N) is 1. The van der Waals surface area contributed by atoms with Crippen molar-refractivity contribution in [1.82, 2.24) is 15.1 Å². The molecule has 16 heavy (non-hydrogen) atoms. The van der Waals surface area contributed by atoms with Gasteiger partial charge in [0.15, 0.2) is 0 Å². The van der Waals surface area contributed by atoms with Crippen LogP contribution in [0.3, 0.4) is 0 Å². The molecule has 0 atom stereocenters. The van der Waals surface area contributed by atoms with Crippen molar-refractivity contribution in [2.45, 2.75) is 12.8 Å². The standard InChI is InChI=1S/C13H25N3/c1-4-7-14-8-11-16-9-5-13(6-10-16)12-15(2)3/h1,13-14H,5-12H2,2-3H3. The number of hydrogen-bond acceptors (Lipinski definition) is 3. The summed E-state index contributed by atoms with van der Waals surface area (Å²) in [6.07, 6.45) is 7.86. The second-order valence-corrected chi connectivity index (χ2v) is 4.93. The van der Waals surface area contributed by atoms with Gasteiger partial charge in [0.1, 0.15) is 0 Å². The van der Waals surface area contributed by atoms with Gasteiger partial charge in [0, 0.05) is 19.6 Å². The van der Waals surface area contributed by atoms with Crippen LogP contribution in [-0.4, -0.2) is 63.2 Å². The topological polar surface area (TPSA) is 18.5 Å². The molecule has 0 radical (unpaired) electrons. The fourth-order valence-electron chi connectivity index (χ4n) is 2.31. The van der Waals surface area contributed by atoms with Gasteiger partial charge in [-0.2, -0.15) is 0 Å². The van der Waals surface area contributed by atoms with Crippen LogP contribution < -0.4 is 5.32 Å². The highest BCUT2D eigenvalue weighted by molar-refractivity contribution is 4.86. The molecule has 0 aromatic heterocycles. The summed E-state index contributed by atoms with van der Waals surface area (Å²) in [5, 5.41) is 3.24. The molecule has 92 valence electrons. The Balaban J connectivity index is 2.06. The highest BCUT2D eigenvalue weighted by atomic mass is 15.1. The van der Waals surface area contributed by atoms with Crippen LogP contribution in [0.15, 0.2) is 0 Å². The fourth-order valence-corrected chi connectivity index (χ4v) is 2.31. The third-order valence-electron chi connectivity index (χ3n) is 3.16. The van der Waals surface area contributed by atoms with Crippen molar-refractivity contribution in [3.8, 4) is 12.3 Å². The second-order valence-electron chi connectivity index (χ2n) is 4.93. The molecule has 1 saturated heterocycles. The van der Waals surface area contributed by atoms with Gasteiger partial charge in [0.2, 0.25) is 0 Å². The van der Waals surface area contributed by atoms with Gasteiger partial charge in [-0.3, -0.25) is 0 Å². The van der Waals surface area contributed by atoms with Crippen LogP contribution in [0.1, 0.15) is 12.8 Å². The smallest absolute Gasteiger partial charge is 0.0574 e. The molecule has 3 heteroatoms. The van der Waals surface area contributed by atoms with Crippen molar-refractivity contribution in [2.75, 3.05) is 53.4 Å². The molecule has 3 nitrogen and oxygen atoms in total. The van der Waals surface area contributed by atoms with Gasteiger partial charge >= 0.3 is 0 Å². The molecule has 0 aromatic carbocycles. The molecule has 0 aromatic rings. The number of piperidine rings is 1. The molecular weight excluding hydrogens is 198 g/mol. The third-order valence-corrected chi connectivity index (χ3v) is 3.16. The van der Waals surface area contributed by atoms with E-state index in [0.717, 1.165) is 19.0 Å².